The smallest absolute Gasteiger partial charge is 0.261 e. The summed E-state index contributed by atoms with van der Waals surface area (Å²) in [6.07, 6.45) is 2.63. The van der Waals surface area contributed by atoms with Crippen molar-refractivity contribution in [2.75, 3.05) is 11.2 Å². The van der Waals surface area contributed by atoms with Crippen molar-refractivity contribution in [3.8, 4) is 0 Å². The third kappa shape index (κ3) is 3.76. The standard InChI is InChI=1S/C22H20N2O4S2/c1-14-10-11-18-20(15(14)2)23-22(29-18)24(13-16-7-6-12-28-16)21(25)17-8-4-5-9-19(17)30(3,26)27/h4-12H,13H2,1-3H3. The topological polar surface area (TPSA) is 80.5 Å². The monoisotopic (exact) mass is 440 g/mol. The zero-order chi connectivity index (χ0) is 21.5. The molecule has 0 radical (unpaired) electrons. The summed E-state index contributed by atoms with van der Waals surface area (Å²) in [5.74, 6) is 0.133. The highest BCUT2D eigenvalue weighted by atomic mass is 32.2. The maximum Gasteiger partial charge on any atom is 0.261 e. The molecule has 0 N–H and O–H groups in total. The number of furan rings is 1. The highest BCUT2D eigenvalue weighted by molar-refractivity contribution is 7.90. The molecule has 0 bridgehead atoms. The van der Waals surface area contributed by atoms with Gasteiger partial charge < -0.3 is 4.42 Å². The van der Waals surface area contributed by atoms with Crippen LogP contribution in [-0.2, 0) is 16.4 Å². The lowest BCUT2D eigenvalue weighted by Crippen LogP contribution is -2.31. The molecule has 2 heterocycles. The molecule has 0 spiro atoms. The van der Waals surface area contributed by atoms with E-state index < -0.39 is 15.7 Å². The predicted molar refractivity (Wildman–Crippen MR) is 118 cm³/mol. The van der Waals surface area contributed by atoms with Crippen LogP contribution in [0.4, 0.5) is 5.13 Å². The molecule has 30 heavy (non-hydrogen) atoms. The zero-order valence-electron chi connectivity index (χ0n) is 16.7. The van der Waals surface area contributed by atoms with Crippen LogP contribution in [0.3, 0.4) is 0 Å². The summed E-state index contributed by atoms with van der Waals surface area (Å²) in [7, 11) is -3.58. The van der Waals surface area contributed by atoms with Crippen LogP contribution in [0.25, 0.3) is 10.2 Å². The second-order valence-corrected chi connectivity index (χ2v) is 10.1. The van der Waals surface area contributed by atoms with Crippen molar-refractivity contribution in [1.29, 1.82) is 0 Å². The zero-order valence-corrected chi connectivity index (χ0v) is 18.4. The summed E-state index contributed by atoms with van der Waals surface area (Å²) < 4.78 is 30.9. The van der Waals surface area contributed by atoms with Crippen molar-refractivity contribution in [3.63, 3.8) is 0 Å². The number of hydrogen-bond donors (Lipinski definition) is 0. The fraction of sp³-hybridized carbons (Fsp3) is 0.182. The van der Waals surface area contributed by atoms with Gasteiger partial charge in [-0.05, 0) is 55.3 Å². The molecule has 0 saturated carbocycles. The molecular weight excluding hydrogens is 420 g/mol. The Labute approximate surface area is 178 Å². The molecule has 1 amide bonds. The highest BCUT2D eigenvalue weighted by Gasteiger charge is 2.27. The Balaban J connectivity index is 1.86. The Morgan fingerprint density at radius 1 is 1.10 bits per heavy atom. The first-order valence-electron chi connectivity index (χ1n) is 9.26. The number of anilines is 1. The number of benzene rings is 2. The average molecular weight is 441 g/mol. The van der Waals surface area contributed by atoms with Crippen molar-refractivity contribution in [2.24, 2.45) is 0 Å². The number of amides is 1. The number of carbonyl (C=O) groups is 1. The van der Waals surface area contributed by atoms with Crippen molar-refractivity contribution in [2.45, 2.75) is 25.3 Å². The molecule has 0 atom stereocenters. The van der Waals surface area contributed by atoms with Gasteiger partial charge in [-0.15, -0.1) is 0 Å². The van der Waals surface area contributed by atoms with Crippen molar-refractivity contribution < 1.29 is 17.6 Å². The molecule has 0 unspecified atom stereocenters. The van der Waals surface area contributed by atoms with Crippen LogP contribution >= 0.6 is 11.3 Å². The van der Waals surface area contributed by atoms with E-state index in [0.717, 1.165) is 27.6 Å². The number of aryl methyl sites for hydroxylation is 2. The molecule has 0 aliphatic heterocycles. The van der Waals surface area contributed by atoms with Crippen LogP contribution in [0.5, 0.6) is 0 Å². The van der Waals surface area contributed by atoms with Gasteiger partial charge in [0.1, 0.15) is 5.76 Å². The van der Waals surface area contributed by atoms with Gasteiger partial charge in [-0.25, -0.2) is 13.4 Å². The van der Waals surface area contributed by atoms with E-state index in [1.807, 2.05) is 26.0 Å². The van der Waals surface area contributed by atoms with Gasteiger partial charge in [-0.2, -0.15) is 0 Å². The molecule has 0 aliphatic rings. The molecule has 0 fully saturated rings. The SMILES string of the molecule is Cc1ccc2sc(N(Cc3ccco3)C(=O)c3ccccc3S(C)(=O)=O)nc2c1C. The van der Waals surface area contributed by atoms with Crippen LogP contribution in [0.1, 0.15) is 27.2 Å². The van der Waals surface area contributed by atoms with E-state index in [4.69, 9.17) is 9.40 Å². The Bertz CT molecular complexity index is 1340. The second kappa shape index (κ2) is 7.70. The van der Waals surface area contributed by atoms with Gasteiger partial charge in [0.2, 0.25) is 0 Å². The van der Waals surface area contributed by atoms with Crippen LogP contribution in [-0.4, -0.2) is 25.6 Å². The molecule has 0 saturated heterocycles. The van der Waals surface area contributed by atoms with Gasteiger partial charge in [0.05, 0.1) is 33.5 Å². The van der Waals surface area contributed by atoms with Gasteiger partial charge in [0, 0.05) is 6.26 Å². The molecule has 154 valence electrons. The minimum Gasteiger partial charge on any atom is -0.467 e. The lowest BCUT2D eigenvalue weighted by molar-refractivity contribution is 0.0980. The molecule has 2 aromatic carbocycles. The maximum absolute atomic E-state index is 13.6. The van der Waals surface area contributed by atoms with Gasteiger partial charge in [-0.1, -0.05) is 29.5 Å². The first-order chi connectivity index (χ1) is 14.3. The summed E-state index contributed by atoms with van der Waals surface area (Å²) >= 11 is 1.39. The molecule has 4 aromatic rings. The number of rotatable bonds is 5. The molecule has 4 rings (SSSR count). The summed E-state index contributed by atoms with van der Waals surface area (Å²) in [6, 6.07) is 13.7. The summed E-state index contributed by atoms with van der Waals surface area (Å²) in [6.45, 7) is 4.16. The van der Waals surface area contributed by atoms with Gasteiger partial charge in [-0.3, -0.25) is 9.69 Å². The summed E-state index contributed by atoms with van der Waals surface area (Å²) in [5.41, 5.74) is 3.12. The average Bonchev–Trinajstić information content (AvgIpc) is 3.38. The molecular formula is C22H20N2O4S2. The fourth-order valence-electron chi connectivity index (χ4n) is 3.23. The Morgan fingerprint density at radius 3 is 2.57 bits per heavy atom. The van der Waals surface area contributed by atoms with Crippen LogP contribution in [0.15, 0.2) is 64.1 Å². The number of aromatic nitrogens is 1. The first-order valence-corrected chi connectivity index (χ1v) is 12.0. The Kier molecular flexibility index (Phi) is 5.21. The number of nitrogens with zero attached hydrogens (tertiary/aromatic N) is 2. The quantitative estimate of drug-likeness (QED) is 0.447. The number of fused-ring (bicyclic) bond motifs is 1. The number of hydrogen-bond acceptors (Lipinski definition) is 6. The normalized spacial score (nSPS) is 11.7. The molecule has 0 aliphatic carbocycles. The first kappa shape index (κ1) is 20.3. The van der Waals surface area contributed by atoms with Crippen LogP contribution < -0.4 is 4.90 Å². The minimum absolute atomic E-state index is 0.00687. The third-order valence-corrected chi connectivity index (χ3v) is 7.16. The van der Waals surface area contributed by atoms with E-state index in [-0.39, 0.29) is 17.0 Å². The van der Waals surface area contributed by atoms with Gasteiger partial charge in [0.25, 0.3) is 5.91 Å². The van der Waals surface area contributed by atoms with E-state index in [1.54, 1.807) is 24.3 Å². The molecule has 8 heteroatoms. The van der Waals surface area contributed by atoms with Crippen molar-refractivity contribution in [1.82, 2.24) is 4.98 Å². The lowest BCUT2D eigenvalue weighted by Gasteiger charge is -2.20. The fourth-order valence-corrected chi connectivity index (χ4v) is 5.13. The van der Waals surface area contributed by atoms with Crippen molar-refractivity contribution >= 4 is 42.4 Å². The van der Waals surface area contributed by atoms with E-state index in [2.05, 4.69) is 0 Å². The van der Waals surface area contributed by atoms with Crippen LogP contribution in [0, 0.1) is 13.8 Å². The van der Waals surface area contributed by atoms with Gasteiger partial charge in [0.15, 0.2) is 15.0 Å². The number of thiazole rings is 1. The lowest BCUT2D eigenvalue weighted by atomic mass is 10.1. The highest BCUT2D eigenvalue weighted by Crippen LogP contribution is 2.34. The third-order valence-electron chi connectivity index (χ3n) is 4.96. The van der Waals surface area contributed by atoms with E-state index in [1.165, 1.54) is 34.6 Å². The Hall–Kier alpha value is -2.97. The van der Waals surface area contributed by atoms with Crippen molar-refractivity contribution in [3.05, 3.63) is 77.2 Å². The van der Waals surface area contributed by atoms with Crippen LogP contribution in [0.2, 0.25) is 0 Å². The predicted octanol–water partition coefficient (Wildman–Crippen LogP) is 4.76. The van der Waals surface area contributed by atoms with E-state index >= 15 is 0 Å². The second-order valence-electron chi connectivity index (χ2n) is 7.09. The molecule has 6 nitrogen and oxygen atoms in total. The minimum atomic E-state index is -3.58. The Morgan fingerprint density at radius 2 is 1.87 bits per heavy atom. The molecule has 2 aromatic heterocycles. The number of carbonyl (C=O) groups excluding carboxylic acids is 1. The van der Waals surface area contributed by atoms with Gasteiger partial charge >= 0.3 is 0 Å². The van der Waals surface area contributed by atoms with E-state index in [0.29, 0.717) is 10.9 Å². The van der Waals surface area contributed by atoms with E-state index in [9.17, 15) is 13.2 Å². The maximum atomic E-state index is 13.6. The summed E-state index contributed by atoms with van der Waals surface area (Å²) in [4.78, 5) is 19.7. The largest absolute Gasteiger partial charge is 0.467 e. The number of sulfone groups is 1. The summed E-state index contributed by atoms with van der Waals surface area (Å²) in [5, 5.41) is 0.489.